The summed E-state index contributed by atoms with van der Waals surface area (Å²) in [5.41, 5.74) is 0. The largest absolute Gasteiger partial charge is 0.480 e. The Hall–Kier alpha value is -0.990. The first-order valence-electron chi connectivity index (χ1n) is 5.83. The molecule has 0 aromatic heterocycles. The molecule has 0 aliphatic rings. The maximum Gasteiger partial charge on any atom is 0.321 e. The Morgan fingerprint density at radius 1 is 1.45 bits per heavy atom. The topological polar surface area (TPSA) is 83.5 Å². The number of carboxylic acids is 1. The fraction of sp³-hybridized carbons (Fsp3) is 0.417. The van der Waals surface area contributed by atoms with E-state index in [0.717, 1.165) is 12.1 Å². The zero-order chi connectivity index (χ0) is 15.5. The zero-order valence-electron chi connectivity index (χ0n) is 10.9. The van der Waals surface area contributed by atoms with Crippen LogP contribution in [0.3, 0.4) is 0 Å². The molecule has 1 aromatic carbocycles. The van der Waals surface area contributed by atoms with E-state index in [-0.39, 0.29) is 21.7 Å². The second kappa shape index (κ2) is 6.64. The van der Waals surface area contributed by atoms with Gasteiger partial charge in [0.1, 0.15) is 11.9 Å². The van der Waals surface area contributed by atoms with E-state index in [1.807, 2.05) is 0 Å². The van der Waals surface area contributed by atoms with E-state index in [0.29, 0.717) is 0 Å². The highest BCUT2D eigenvalue weighted by Crippen LogP contribution is 2.23. The van der Waals surface area contributed by atoms with Gasteiger partial charge in [-0.05, 0) is 46.5 Å². The molecule has 0 aliphatic carbocycles. The van der Waals surface area contributed by atoms with Gasteiger partial charge >= 0.3 is 5.97 Å². The van der Waals surface area contributed by atoms with Gasteiger partial charge in [0.25, 0.3) is 0 Å². The van der Waals surface area contributed by atoms with Gasteiger partial charge in [0.05, 0.1) is 4.90 Å². The van der Waals surface area contributed by atoms with E-state index in [2.05, 4.69) is 20.7 Å². The molecule has 0 amide bonds. The van der Waals surface area contributed by atoms with Crippen LogP contribution in [-0.2, 0) is 14.8 Å². The molecule has 0 aliphatic heterocycles. The number of carboxylic acid groups (broad SMARTS) is 1. The third-order valence-corrected chi connectivity index (χ3v) is 4.95. The lowest BCUT2D eigenvalue weighted by atomic mass is 10.1. The van der Waals surface area contributed by atoms with Gasteiger partial charge in [0, 0.05) is 4.47 Å². The summed E-state index contributed by atoms with van der Waals surface area (Å²) >= 11 is 3.01. The Kier molecular flexibility index (Phi) is 5.67. The number of hydrogen-bond acceptors (Lipinski definition) is 3. The third kappa shape index (κ3) is 4.53. The molecule has 0 saturated carbocycles. The molecule has 8 heteroatoms. The highest BCUT2D eigenvalue weighted by atomic mass is 79.9. The Balaban J connectivity index is 3.09. The number of hydrogen-bond donors (Lipinski definition) is 2. The summed E-state index contributed by atoms with van der Waals surface area (Å²) in [4.78, 5) is 10.8. The van der Waals surface area contributed by atoms with Crippen molar-refractivity contribution in [2.45, 2.75) is 31.2 Å². The molecule has 1 aromatic rings. The Bertz CT molecular complexity index is 603. The Morgan fingerprint density at radius 2 is 2.05 bits per heavy atom. The third-order valence-electron chi connectivity index (χ3n) is 2.49. The smallest absolute Gasteiger partial charge is 0.321 e. The normalized spacial score (nSPS) is 13.4. The van der Waals surface area contributed by atoms with Crippen LogP contribution in [0.1, 0.15) is 20.3 Å². The fourth-order valence-corrected chi connectivity index (χ4v) is 3.78. The van der Waals surface area contributed by atoms with Crippen molar-refractivity contribution in [1.29, 1.82) is 0 Å². The molecule has 112 valence electrons. The summed E-state index contributed by atoms with van der Waals surface area (Å²) in [6.07, 6.45) is 0.140. The summed E-state index contributed by atoms with van der Waals surface area (Å²) < 4.78 is 39.7. The summed E-state index contributed by atoms with van der Waals surface area (Å²) in [6, 6.07) is 1.93. The molecule has 0 bridgehead atoms. The number of rotatable bonds is 6. The van der Waals surface area contributed by atoms with Gasteiger partial charge < -0.3 is 5.11 Å². The average Bonchev–Trinajstić information content (AvgIpc) is 2.30. The number of nitrogens with one attached hydrogen (secondary N) is 1. The van der Waals surface area contributed by atoms with E-state index < -0.39 is 27.9 Å². The zero-order valence-corrected chi connectivity index (χ0v) is 13.3. The molecule has 1 rings (SSSR count). The average molecular weight is 368 g/mol. The van der Waals surface area contributed by atoms with Crippen molar-refractivity contribution >= 4 is 31.9 Å². The van der Waals surface area contributed by atoms with Gasteiger partial charge in [-0.1, -0.05) is 13.8 Å². The van der Waals surface area contributed by atoms with Crippen LogP contribution in [0.5, 0.6) is 0 Å². The summed E-state index contributed by atoms with van der Waals surface area (Å²) in [6.45, 7) is 3.56. The van der Waals surface area contributed by atoms with Gasteiger partial charge in [0.2, 0.25) is 10.0 Å². The first-order valence-corrected chi connectivity index (χ1v) is 8.11. The van der Waals surface area contributed by atoms with Crippen molar-refractivity contribution in [3.05, 3.63) is 28.5 Å². The molecule has 0 fully saturated rings. The standard InChI is InChI=1S/C12H15BrFNO4S/c1-7(2)5-10(12(16)17)15-20(18,19)11-6-8(14)3-4-9(11)13/h3-4,6-7,10,15H,5H2,1-2H3,(H,16,17)/t10-/m1/s1. The first-order chi connectivity index (χ1) is 9.13. The van der Waals surface area contributed by atoms with E-state index in [9.17, 15) is 17.6 Å². The van der Waals surface area contributed by atoms with Crippen LogP contribution in [-0.4, -0.2) is 25.5 Å². The van der Waals surface area contributed by atoms with Crippen molar-refractivity contribution in [1.82, 2.24) is 4.72 Å². The summed E-state index contributed by atoms with van der Waals surface area (Å²) in [5, 5.41) is 9.04. The van der Waals surface area contributed by atoms with Crippen LogP contribution in [0.2, 0.25) is 0 Å². The minimum Gasteiger partial charge on any atom is -0.480 e. The highest BCUT2D eigenvalue weighted by molar-refractivity contribution is 9.10. The number of carbonyl (C=O) groups is 1. The number of benzene rings is 1. The van der Waals surface area contributed by atoms with E-state index in [1.165, 1.54) is 6.07 Å². The van der Waals surface area contributed by atoms with Crippen LogP contribution in [0, 0.1) is 11.7 Å². The van der Waals surface area contributed by atoms with Gasteiger partial charge in [0.15, 0.2) is 0 Å². The van der Waals surface area contributed by atoms with Crippen molar-refractivity contribution in [3.8, 4) is 0 Å². The lowest BCUT2D eigenvalue weighted by Crippen LogP contribution is -2.41. The van der Waals surface area contributed by atoms with Gasteiger partial charge in [-0.3, -0.25) is 4.79 Å². The minimum absolute atomic E-state index is 0.00486. The lowest BCUT2D eigenvalue weighted by Gasteiger charge is -2.17. The molecular formula is C12H15BrFNO4S. The van der Waals surface area contributed by atoms with Crippen LogP contribution < -0.4 is 4.72 Å². The maximum atomic E-state index is 13.2. The molecular weight excluding hydrogens is 353 g/mol. The molecule has 5 nitrogen and oxygen atoms in total. The number of aliphatic carboxylic acids is 1. The van der Waals surface area contributed by atoms with Crippen molar-refractivity contribution in [3.63, 3.8) is 0 Å². The molecule has 2 N–H and O–H groups in total. The van der Waals surface area contributed by atoms with E-state index >= 15 is 0 Å². The molecule has 0 unspecified atom stereocenters. The monoisotopic (exact) mass is 367 g/mol. The molecule has 20 heavy (non-hydrogen) atoms. The van der Waals surface area contributed by atoms with Crippen LogP contribution in [0.4, 0.5) is 4.39 Å². The number of sulfonamides is 1. The predicted octanol–water partition coefficient (Wildman–Crippen LogP) is 2.37. The minimum atomic E-state index is -4.12. The first kappa shape index (κ1) is 17.1. The molecule has 1 atom stereocenters. The quantitative estimate of drug-likeness (QED) is 0.808. The van der Waals surface area contributed by atoms with Crippen LogP contribution in [0.25, 0.3) is 0 Å². The summed E-state index contributed by atoms with van der Waals surface area (Å²) in [7, 11) is -4.12. The fourth-order valence-electron chi connectivity index (χ4n) is 1.60. The summed E-state index contributed by atoms with van der Waals surface area (Å²) in [5.74, 6) is -1.99. The highest BCUT2D eigenvalue weighted by Gasteiger charge is 2.27. The Morgan fingerprint density at radius 3 is 2.55 bits per heavy atom. The van der Waals surface area contributed by atoms with E-state index in [1.54, 1.807) is 13.8 Å². The number of halogens is 2. The van der Waals surface area contributed by atoms with Gasteiger partial charge in [-0.25, -0.2) is 12.8 Å². The second-order valence-electron chi connectivity index (χ2n) is 4.72. The van der Waals surface area contributed by atoms with Crippen molar-refractivity contribution in [2.75, 3.05) is 0 Å². The lowest BCUT2D eigenvalue weighted by molar-refractivity contribution is -0.139. The van der Waals surface area contributed by atoms with Crippen LogP contribution in [0.15, 0.2) is 27.6 Å². The van der Waals surface area contributed by atoms with Gasteiger partial charge in [-0.15, -0.1) is 0 Å². The predicted molar refractivity (Wildman–Crippen MR) is 75.3 cm³/mol. The molecule has 0 spiro atoms. The van der Waals surface area contributed by atoms with Gasteiger partial charge in [-0.2, -0.15) is 4.72 Å². The molecule has 0 heterocycles. The Labute approximate surface area is 125 Å². The van der Waals surface area contributed by atoms with Crippen LogP contribution >= 0.6 is 15.9 Å². The van der Waals surface area contributed by atoms with Crippen molar-refractivity contribution < 1.29 is 22.7 Å². The molecule has 0 radical (unpaired) electrons. The SMILES string of the molecule is CC(C)C[C@@H](NS(=O)(=O)c1cc(F)ccc1Br)C(=O)O. The van der Waals surface area contributed by atoms with E-state index in [4.69, 9.17) is 5.11 Å². The second-order valence-corrected chi connectivity index (χ2v) is 7.25. The van der Waals surface area contributed by atoms with Crippen molar-refractivity contribution in [2.24, 2.45) is 5.92 Å². The maximum absolute atomic E-state index is 13.2. The molecule has 0 saturated heterocycles.